The zero-order valence-corrected chi connectivity index (χ0v) is 16.2. The Morgan fingerprint density at radius 2 is 1.69 bits per heavy atom. The molecule has 0 saturated carbocycles. The summed E-state index contributed by atoms with van der Waals surface area (Å²) in [5.41, 5.74) is 2.58. The molecular weight excluding hydrogens is 324 g/mol. The molecule has 0 radical (unpaired) electrons. The Morgan fingerprint density at radius 1 is 1.04 bits per heavy atom. The molecule has 0 unspecified atom stereocenters. The zero-order chi connectivity index (χ0) is 19.0. The molecule has 0 aliphatic heterocycles. The molecule has 0 fully saturated rings. The van der Waals surface area contributed by atoms with Crippen LogP contribution in [0.5, 0.6) is 5.75 Å². The molecule has 1 amide bonds. The summed E-state index contributed by atoms with van der Waals surface area (Å²) >= 11 is 0. The summed E-state index contributed by atoms with van der Waals surface area (Å²) in [6, 6.07) is 18.3. The highest BCUT2D eigenvalue weighted by molar-refractivity contribution is 5.78. The van der Waals surface area contributed by atoms with E-state index in [9.17, 15) is 4.79 Å². The van der Waals surface area contributed by atoms with E-state index < -0.39 is 0 Å². The van der Waals surface area contributed by atoms with Crippen LogP contribution in [0.25, 0.3) is 0 Å². The van der Waals surface area contributed by atoms with Gasteiger partial charge in [0.2, 0.25) is 5.91 Å². The third-order valence-corrected chi connectivity index (χ3v) is 4.28. The molecule has 0 aliphatic carbocycles. The zero-order valence-electron chi connectivity index (χ0n) is 16.2. The smallest absolute Gasteiger partial charge is 0.234 e. The first-order chi connectivity index (χ1) is 12.4. The molecule has 0 heterocycles. The molecular formula is C22H30N2O2. The van der Waals surface area contributed by atoms with Crippen molar-refractivity contribution in [3.63, 3.8) is 0 Å². The summed E-state index contributed by atoms with van der Waals surface area (Å²) in [5.74, 6) is 0.794. The molecule has 140 valence electrons. The van der Waals surface area contributed by atoms with Gasteiger partial charge in [0.05, 0.1) is 13.1 Å². The number of amides is 1. The van der Waals surface area contributed by atoms with Gasteiger partial charge in [0, 0.05) is 6.04 Å². The maximum Gasteiger partial charge on any atom is 0.234 e. The van der Waals surface area contributed by atoms with Gasteiger partial charge in [0.25, 0.3) is 0 Å². The summed E-state index contributed by atoms with van der Waals surface area (Å²) in [4.78, 5) is 11.9. The fourth-order valence-electron chi connectivity index (χ4n) is 2.58. The molecule has 0 saturated heterocycles. The van der Waals surface area contributed by atoms with Crippen molar-refractivity contribution in [3.8, 4) is 5.75 Å². The fraction of sp³-hybridized carbons (Fsp3) is 0.409. The number of hydrogen-bond acceptors (Lipinski definition) is 3. The van der Waals surface area contributed by atoms with Crippen molar-refractivity contribution in [2.75, 3.05) is 19.7 Å². The molecule has 2 aromatic carbocycles. The Hall–Kier alpha value is -2.33. The lowest BCUT2D eigenvalue weighted by Crippen LogP contribution is -2.36. The number of carbonyl (C=O) groups excluding carboxylic acids is 1. The van der Waals surface area contributed by atoms with Gasteiger partial charge in [-0.1, -0.05) is 63.2 Å². The average molecular weight is 354 g/mol. The van der Waals surface area contributed by atoms with E-state index in [1.54, 1.807) is 0 Å². The van der Waals surface area contributed by atoms with Crippen LogP contribution in [0.4, 0.5) is 0 Å². The topological polar surface area (TPSA) is 50.4 Å². The van der Waals surface area contributed by atoms with Gasteiger partial charge in [0.1, 0.15) is 12.4 Å². The summed E-state index contributed by atoms with van der Waals surface area (Å²) in [6.45, 7) is 9.83. The lowest BCUT2D eigenvalue weighted by atomic mass is 9.87. The lowest BCUT2D eigenvalue weighted by molar-refractivity contribution is -0.120. The number of rotatable bonds is 8. The molecule has 0 aromatic heterocycles. The summed E-state index contributed by atoms with van der Waals surface area (Å²) < 4.78 is 5.68. The van der Waals surface area contributed by atoms with E-state index in [1.807, 2.05) is 49.4 Å². The second-order valence-corrected chi connectivity index (χ2v) is 7.49. The van der Waals surface area contributed by atoms with Gasteiger partial charge in [-0.3, -0.25) is 4.79 Å². The van der Waals surface area contributed by atoms with E-state index >= 15 is 0 Å². The molecule has 0 spiro atoms. The maximum absolute atomic E-state index is 11.9. The minimum atomic E-state index is -0.0283. The highest BCUT2D eigenvalue weighted by atomic mass is 16.5. The third kappa shape index (κ3) is 6.52. The quantitative estimate of drug-likeness (QED) is 0.709. The first-order valence-corrected chi connectivity index (χ1v) is 9.14. The van der Waals surface area contributed by atoms with Crippen LogP contribution in [0.15, 0.2) is 54.6 Å². The first-order valence-electron chi connectivity index (χ1n) is 9.14. The predicted molar refractivity (Wildman–Crippen MR) is 107 cm³/mol. The normalized spacial score (nSPS) is 12.5. The number of nitrogens with one attached hydrogen (secondary N) is 2. The van der Waals surface area contributed by atoms with Gasteiger partial charge in [-0.15, -0.1) is 0 Å². The van der Waals surface area contributed by atoms with Gasteiger partial charge in [-0.05, 0) is 35.6 Å². The summed E-state index contributed by atoms with van der Waals surface area (Å²) in [5, 5.41) is 6.09. The molecule has 4 nitrogen and oxygen atoms in total. The van der Waals surface area contributed by atoms with E-state index in [0.29, 0.717) is 13.2 Å². The van der Waals surface area contributed by atoms with Gasteiger partial charge >= 0.3 is 0 Å². The van der Waals surface area contributed by atoms with Gasteiger partial charge < -0.3 is 15.4 Å². The summed E-state index contributed by atoms with van der Waals surface area (Å²) in [7, 11) is 0. The second kappa shape index (κ2) is 9.39. The first kappa shape index (κ1) is 20.0. The van der Waals surface area contributed by atoms with Gasteiger partial charge in [-0.2, -0.15) is 0 Å². The Kier molecular flexibility index (Phi) is 7.22. The van der Waals surface area contributed by atoms with Crippen LogP contribution in [0.1, 0.15) is 44.9 Å². The van der Waals surface area contributed by atoms with Crippen LogP contribution in [0.2, 0.25) is 0 Å². The monoisotopic (exact) mass is 354 g/mol. The largest absolute Gasteiger partial charge is 0.492 e. The molecule has 0 bridgehead atoms. The van der Waals surface area contributed by atoms with Crippen LogP contribution in [0.3, 0.4) is 0 Å². The number of ether oxygens (including phenoxy) is 1. The Bertz CT molecular complexity index is 676. The van der Waals surface area contributed by atoms with Crippen LogP contribution in [-0.4, -0.2) is 25.6 Å². The Morgan fingerprint density at radius 3 is 2.31 bits per heavy atom. The molecule has 2 aromatic rings. The summed E-state index contributed by atoms with van der Waals surface area (Å²) in [6.07, 6.45) is 0. The van der Waals surface area contributed by atoms with E-state index in [1.165, 1.54) is 11.1 Å². The minimum absolute atomic E-state index is 0.0283. The third-order valence-electron chi connectivity index (χ3n) is 4.28. The highest BCUT2D eigenvalue weighted by Gasteiger charge is 2.13. The molecule has 4 heteroatoms. The van der Waals surface area contributed by atoms with Crippen molar-refractivity contribution in [2.24, 2.45) is 0 Å². The Labute approximate surface area is 157 Å². The van der Waals surface area contributed by atoms with Crippen LogP contribution >= 0.6 is 0 Å². The van der Waals surface area contributed by atoms with Crippen LogP contribution in [0, 0.1) is 0 Å². The Balaban J connectivity index is 1.64. The number of hydrogen-bond donors (Lipinski definition) is 2. The molecule has 1 atom stereocenters. The van der Waals surface area contributed by atoms with E-state index in [-0.39, 0.29) is 23.9 Å². The predicted octanol–water partition coefficient (Wildman–Crippen LogP) is 3.83. The molecule has 2 rings (SSSR count). The van der Waals surface area contributed by atoms with E-state index in [4.69, 9.17) is 4.74 Å². The lowest BCUT2D eigenvalue weighted by Gasteiger charge is -2.19. The van der Waals surface area contributed by atoms with Crippen molar-refractivity contribution >= 4 is 5.91 Å². The van der Waals surface area contributed by atoms with Crippen molar-refractivity contribution < 1.29 is 9.53 Å². The minimum Gasteiger partial charge on any atom is -0.492 e. The average Bonchev–Trinajstić information content (AvgIpc) is 2.63. The SMILES string of the molecule is C[C@H](NCC(=O)NCCOc1ccc(C(C)(C)C)cc1)c1ccccc1. The van der Waals surface area contributed by atoms with Crippen molar-refractivity contribution in [1.82, 2.24) is 10.6 Å². The maximum atomic E-state index is 11.9. The second-order valence-electron chi connectivity index (χ2n) is 7.49. The van der Waals surface area contributed by atoms with Crippen molar-refractivity contribution in [1.29, 1.82) is 0 Å². The van der Waals surface area contributed by atoms with E-state index in [0.717, 1.165) is 5.75 Å². The van der Waals surface area contributed by atoms with Crippen molar-refractivity contribution in [2.45, 2.75) is 39.2 Å². The molecule has 2 N–H and O–H groups in total. The van der Waals surface area contributed by atoms with Crippen LogP contribution in [-0.2, 0) is 10.2 Å². The van der Waals surface area contributed by atoms with Crippen LogP contribution < -0.4 is 15.4 Å². The van der Waals surface area contributed by atoms with E-state index in [2.05, 4.69) is 43.5 Å². The highest BCUT2D eigenvalue weighted by Crippen LogP contribution is 2.24. The fourth-order valence-corrected chi connectivity index (χ4v) is 2.58. The number of carbonyl (C=O) groups is 1. The van der Waals surface area contributed by atoms with Gasteiger partial charge in [0.15, 0.2) is 0 Å². The van der Waals surface area contributed by atoms with Crippen molar-refractivity contribution in [3.05, 3.63) is 65.7 Å². The molecule has 26 heavy (non-hydrogen) atoms. The number of benzene rings is 2. The molecule has 0 aliphatic rings. The standard InChI is InChI=1S/C22H30N2O2/c1-17(18-8-6-5-7-9-18)24-16-21(25)23-14-15-26-20-12-10-19(11-13-20)22(2,3)4/h5-13,17,24H,14-16H2,1-4H3,(H,23,25)/t17-/m0/s1. The van der Waals surface area contributed by atoms with Gasteiger partial charge in [-0.25, -0.2) is 0 Å².